The van der Waals surface area contributed by atoms with E-state index < -0.39 is 0 Å². The Kier molecular flexibility index (Phi) is 11.6. The summed E-state index contributed by atoms with van der Waals surface area (Å²) in [6.45, 7) is 14.2. The lowest BCUT2D eigenvalue weighted by Crippen LogP contribution is -2.50. The van der Waals surface area contributed by atoms with Crippen molar-refractivity contribution in [3.05, 3.63) is 0 Å². The highest BCUT2D eigenvalue weighted by Crippen LogP contribution is 2.26. The van der Waals surface area contributed by atoms with Crippen LogP contribution in [0.25, 0.3) is 0 Å². The summed E-state index contributed by atoms with van der Waals surface area (Å²) in [7, 11) is 0. The summed E-state index contributed by atoms with van der Waals surface area (Å²) in [6, 6.07) is 0.925. The topological polar surface area (TPSA) is 49.3 Å². The molecule has 0 bridgehead atoms. The maximum atomic E-state index is 6.24. The molecule has 2 atom stereocenters. The third kappa shape index (κ3) is 7.82. The maximum Gasteiger partial charge on any atom is 0.193 e. The van der Waals surface area contributed by atoms with Crippen LogP contribution in [0.3, 0.4) is 0 Å². The summed E-state index contributed by atoms with van der Waals surface area (Å²) < 4.78 is 11.8. The minimum atomic E-state index is 0. The molecule has 6 nitrogen and oxygen atoms in total. The van der Waals surface area contributed by atoms with Crippen LogP contribution in [-0.4, -0.2) is 86.5 Å². The highest BCUT2D eigenvalue weighted by molar-refractivity contribution is 14.0. The first-order valence-corrected chi connectivity index (χ1v) is 11.7. The van der Waals surface area contributed by atoms with E-state index in [-0.39, 0.29) is 24.0 Å². The van der Waals surface area contributed by atoms with Crippen molar-refractivity contribution in [3.63, 3.8) is 0 Å². The van der Waals surface area contributed by atoms with E-state index in [0.717, 1.165) is 77.3 Å². The van der Waals surface area contributed by atoms with Crippen molar-refractivity contribution < 1.29 is 9.47 Å². The first kappa shape index (κ1) is 25.1. The Morgan fingerprint density at radius 2 is 1.90 bits per heavy atom. The fourth-order valence-electron chi connectivity index (χ4n) is 4.83. The van der Waals surface area contributed by atoms with Crippen LogP contribution < -0.4 is 5.32 Å². The van der Waals surface area contributed by atoms with E-state index in [4.69, 9.17) is 14.5 Å². The van der Waals surface area contributed by atoms with Crippen molar-refractivity contribution in [1.82, 2.24) is 15.1 Å². The lowest BCUT2D eigenvalue weighted by molar-refractivity contribution is -0.0167. The van der Waals surface area contributed by atoms with Crippen LogP contribution in [0.15, 0.2) is 4.99 Å². The van der Waals surface area contributed by atoms with Crippen molar-refractivity contribution in [3.8, 4) is 0 Å². The molecule has 3 rings (SSSR count). The van der Waals surface area contributed by atoms with Crippen LogP contribution >= 0.6 is 24.0 Å². The SMILES string of the molecule is CCNC(=NCC(C)N1CCOCC1C)N1CCC(OCC2CCCC2)CC1.I. The molecule has 7 heteroatoms. The largest absolute Gasteiger partial charge is 0.379 e. The molecule has 2 unspecified atom stereocenters. The Bertz CT molecular complexity index is 479. The quantitative estimate of drug-likeness (QED) is 0.316. The second-order valence-corrected chi connectivity index (χ2v) is 8.88. The van der Waals surface area contributed by atoms with Gasteiger partial charge in [0, 0.05) is 44.9 Å². The van der Waals surface area contributed by atoms with Crippen LogP contribution in [0.2, 0.25) is 0 Å². The molecule has 0 spiro atoms. The van der Waals surface area contributed by atoms with Gasteiger partial charge in [0.05, 0.1) is 25.9 Å². The van der Waals surface area contributed by atoms with Crippen LogP contribution in [0.5, 0.6) is 0 Å². The molecule has 1 aliphatic carbocycles. The van der Waals surface area contributed by atoms with Gasteiger partial charge in [-0.25, -0.2) is 0 Å². The highest BCUT2D eigenvalue weighted by Gasteiger charge is 2.26. The number of piperidine rings is 1. The van der Waals surface area contributed by atoms with E-state index in [1.54, 1.807) is 0 Å². The standard InChI is InChI=1S/C22H42N4O2.HI/c1-4-23-22(24-15-18(2)26-13-14-27-16-19(26)3)25-11-9-21(10-12-25)28-17-20-7-5-6-8-20;/h18-21H,4-17H2,1-3H3,(H,23,24);1H. The molecule has 2 saturated heterocycles. The van der Waals surface area contributed by atoms with E-state index in [0.29, 0.717) is 18.2 Å². The number of likely N-dealkylation sites (tertiary alicyclic amines) is 1. The van der Waals surface area contributed by atoms with Gasteiger partial charge < -0.3 is 19.7 Å². The Morgan fingerprint density at radius 3 is 2.55 bits per heavy atom. The number of ether oxygens (including phenoxy) is 2. The van der Waals surface area contributed by atoms with Crippen molar-refractivity contribution in [2.24, 2.45) is 10.9 Å². The minimum absolute atomic E-state index is 0. The molecular weight excluding hydrogens is 479 g/mol. The molecule has 0 amide bonds. The van der Waals surface area contributed by atoms with E-state index in [1.807, 2.05) is 0 Å². The molecule has 1 saturated carbocycles. The van der Waals surface area contributed by atoms with Crippen molar-refractivity contribution in [2.45, 2.75) is 77.5 Å². The summed E-state index contributed by atoms with van der Waals surface area (Å²) in [6.07, 6.45) is 8.22. The van der Waals surface area contributed by atoms with Gasteiger partial charge in [0.1, 0.15) is 0 Å². The van der Waals surface area contributed by atoms with Gasteiger partial charge in [0.15, 0.2) is 5.96 Å². The molecule has 3 aliphatic rings. The predicted octanol–water partition coefficient (Wildman–Crippen LogP) is 3.35. The summed E-state index contributed by atoms with van der Waals surface area (Å²) in [5.74, 6) is 1.89. The van der Waals surface area contributed by atoms with Gasteiger partial charge in [-0.05, 0) is 52.4 Å². The molecular formula is C22H43IN4O2. The Hall–Kier alpha value is -0.120. The molecule has 1 N–H and O–H groups in total. The summed E-state index contributed by atoms with van der Waals surface area (Å²) in [4.78, 5) is 9.94. The molecule has 0 aromatic carbocycles. The second-order valence-electron chi connectivity index (χ2n) is 8.88. The third-order valence-electron chi connectivity index (χ3n) is 6.61. The van der Waals surface area contributed by atoms with Gasteiger partial charge in [0.2, 0.25) is 0 Å². The monoisotopic (exact) mass is 522 g/mol. The number of guanidine groups is 1. The molecule has 0 aromatic rings. The number of hydrogen-bond acceptors (Lipinski definition) is 4. The van der Waals surface area contributed by atoms with Gasteiger partial charge >= 0.3 is 0 Å². The normalized spacial score (nSPS) is 26.4. The highest BCUT2D eigenvalue weighted by atomic mass is 127. The van der Waals surface area contributed by atoms with Gasteiger partial charge in [0.25, 0.3) is 0 Å². The Labute approximate surface area is 195 Å². The maximum absolute atomic E-state index is 6.24. The van der Waals surface area contributed by atoms with E-state index >= 15 is 0 Å². The second kappa shape index (κ2) is 13.3. The van der Waals surface area contributed by atoms with E-state index in [2.05, 4.69) is 35.9 Å². The van der Waals surface area contributed by atoms with E-state index in [1.165, 1.54) is 25.7 Å². The first-order chi connectivity index (χ1) is 13.7. The van der Waals surface area contributed by atoms with Crippen molar-refractivity contribution >= 4 is 29.9 Å². The number of morpholine rings is 1. The summed E-state index contributed by atoms with van der Waals surface area (Å²) >= 11 is 0. The van der Waals surface area contributed by atoms with Crippen molar-refractivity contribution in [2.75, 3.05) is 52.5 Å². The van der Waals surface area contributed by atoms with Gasteiger partial charge in [-0.3, -0.25) is 9.89 Å². The number of nitrogens with zero attached hydrogens (tertiary/aromatic N) is 3. The van der Waals surface area contributed by atoms with Gasteiger partial charge in [-0.15, -0.1) is 24.0 Å². The van der Waals surface area contributed by atoms with Gasteiger partial charge in [-0.1, -0.05) is 12.8 Å². The number of rotatable bonds is 7. The number of nitrogens with one attached hydrogen (secondary N) is 1. The zero-order valence-electron chi connectivity index (χ0n) is 18.8. The fraction of sp³-hybridized carbons (Fsp3) is 0.955. The van der Waals surface area contributed by atoms with Crippen molar-refractivity contribution in [1.29, 1.82) is 0 Å². The molecule has 0 radical (unpaired) electrons. The van der Waals surface area contributed by atoms with E-state index in [9.17, 15) is 0 Å². The molecule has 29 heavy (non-hydrogen) atoms. The van der Waals surface area contributed by atoms with Gasteiger partial charge in [-0.2, -0.15) is 0 Å². The number of aliphatic imine (C=N–C) groups is 1. The fourth-order valence-corrected chi connectivity index (χ4v) is 4.83. The Morgan fingerprint density at radius 1 is 1.17 bits per heavy atom. The van der Waals surface area contributed by atoms with Crippen LogP contribution in [0, 0.1) is 5.92 Å². The molecule has 3 fully saturated rings. The smallest absolute Gasteiger partial charge is 0.193 e. The van der Waals surface area contributed by atoms with Crippen LogP contribution in [0.1, 0.15) is 59.3 Å². The zero-order valence-corrected chi connectivity index (χ0v) is 21.1. The lowest BCUT2D eigenvalue weighted by Gasteiger charge is -2.38. The molecule has 2 heterocycles. The third-order valence-corrected chi connectivity index (χ3v) is 6.61. The summed E-state index contributed by atoms with van der Waals surface area (Å²) in [5, 5.41) is 3.51. The number of halogens is 1. The molecule has 2 aliphatic heterocycles. The first-order valence-electron chi connectivity index (χ1n) is 11.7. The minimum Gasteiger partial charge on any atom is -0.379 e. The lowest BCUT2D eigenvalue weighted by atomic mass is 10.1. The van der Waals surface area contributed by atoms with Crippen LogP contribution in [0.4, 0.5) is 0 Å². The summed E-state index contributed by atoms with van der Waals surface area (Å²) in [5.41, 5.74) is 0. The molecule has 0 aromatic heterocycles. The molecule has 170 valence electrons. The zero-order chi connectivity index (χ0) is 19.8. The predicted molar refractivity (Wildman–Crippen MR) is 130 cm³/mol. The number of hydrogen-bond donors (Lipinski definition) is 1. The average molecular weight is 523 g/mol. The van der Waals surface area contributed by atoms with Crippen LogP contribution in [-0.2, 0) is 9.47 Å². The Balaban J connectivity index is 0.00000300. The average Bonchev–Trinajstić information content (AvgIpc) is 3.24.